The van der Waals surface area contributed by atoms with Crippen LogP contribution < -0.4 is 103 Å². The van der Waals surface area contributed by atoms with Gasteiger partial charge in [0.2, 0.25) is 0 Å². The molecule has 0 aliphatic heterocycles. The van der Waals surface area contributed by atoms with Gasteiger partial charge < -0.3 is 5.41 Å². The van der Waals surface area contributed by atoms with E-state index in [1.165, 1.54) is 12.2 Å². The predicted molar refractivity (Wildman–Crippen MR) is 42.9 cm³/mol. The van der Waals surface area contributed by atoms with E-state index in [2.05, 4.69) is 34.4 Å². The maximum atomic E-state index is 7.95. The zero-order valence-electron chi connectivity index (χ0n) is 7.68. The van der Waals surface area contributed by atoms with Gasteiger partial charge in [0, 0.05) is 0 Å². The van der Waals surface area contributed by atoms with Gasteiger partial charge >= 0.3 is 103 Å². The average molecular weight is 215 g/mol. The van der Waals surface area contributed by atoms with Crippen molar-refractivity contribution in [3.63, 3.8) is 0 Å². The zero-order chi connectivity index (χ0) is 8.36. The van der Waals surface area contributed by atoms with Crippen molar-refractivity contribution in [3.05, 3.63) is 58.5 Å². The van der Waals surface area contributed by atoms with Crippen molar-refractivity contribution in [3.8, 4) is 0 Å². The molecule has 50 valence electrons. The molecule has 0 N–H and O–H groups in total. The van der Waals surface area contributed by atoms with E-state index < -0.39 is 0 Å². The topological polar surface area (TPSA) is 22.3 Å². The van der Waals surface area contributed by atoms with E-state index in [1.54, 1.807) is 5.87 Å². The molecule has 0 saturated carbocycles. The Hall–Kier alpha value is 1.14. The summed E-state index contributed by atoms with van der Waals surface area (Å²) >= 11 is 0. The van der Waals surface area contributed by atoms with Gasteiger partial charge in [0.15, 0.2) is 0 Å². The fraction of sp³-hybridized carbons (Fsp3) is 0. The van der Waals surface area contributed by atoms with E-state index in [1.807, 2.05) is 0 Å². The number of hydrogen-bond donors (Lipinski definition) is 0. The Morgan fingerprint density at radius 3 is 2.00 bits per heavy atom. The summed E-state index contributed by atoms with van der Waals surface area (Å²) in [6.07, 6.45) is 2.78. The Labute approximate surface area is 163 Å². The molecule has 0 atom stereocenters. The third kappa shape index (κ3) is 19.5. The Kier molecular flexibility index (Phi) is 28.5. The van der Waals surface area contributed by atoms with Crippen molar-refractivity contribution in [2.24, 2.45) is 0 Å². The van der Waals surface area contributed by atoms with Crippen LogP contribution in [0.15, 0.2) is 46.5 Å². The van der Waals surface area contributed by atoms with E-state index in [4.69, 9.17) is 12.0 Å². The van der Waals surface area contributed by atoms with Gasteiger partial charge in [-0.3, -0.25) is 6.58 Å². The molecule has 13 heavy (non-hydrogen) atoms. The molecule has 0 amide bonds. The molecule has 0 heterocycles. The van der Waals surface area contributed by atoms with Crippen LogP contribution in [0.3, 0.4) is 0 Å². The minimum atomic E-state index is 0. The number of hydrogen-bond acceptors (Lipinski definition) is 0. The first-order valence-electron chi connectivity index (χ1n) is 2.68. The van der Waals surface area contributed by atoms with Gasteiger partial charge in [-0.25, -0.2) is 11.9 Å². The maximum Gasteiger partial charge on any atom is 1.00 e. The zero-order valence-corrected chi connectivity index (χ0v) is 13.9. The smallest absolute Gasteiger partial charge is 0.755 e. The van der Waals surface area contributed by atoms with E-state index in [0.29, 0.717) is 0 Å². The molecule has 0 aliphatic rings. The largest absolute Gasteiger partial charge is 1.00 e. The SMILES string of the molecule is [CH-]=CC=C=C=C=C=C=C=C=[N-].[K+].[K+]. The Balaban J connectivity index is -0.000000500. The second-order valence-electron chi connectivity index (χ2n) is 1.24. The molecule has 1 nitrogen and oxygen atoms in total. The van der Waals surface area contributed by atoms with Gasteiger partial charge in [0.25, 0.3) is 0 Å². The Bertz CT molecular complexity index is 392. The van der Waals surface area contributed by atoms with E-state index in [0.717, 1.165) is 0 Å². The second kappa shape index (κ2) is 18.8. The summed E-state index contributed by atoms with van der Waals surface area (Å²) < 4.78 is 0. The molecule has 3 heteroatoms. The molecule has 0 unspecified atom stereocenters. The van der Waals surface area contributed by atoms with Gasteiger partial charge in [-0.15, -0.1) is 0 Å². The molecule has 0 spiro atoms. The summed E-state index contributed by atoms with van der Waals surface area (Å²) in [5.74, 6) is 1.62. The minimum Gasteiger partial charge on any atom is -0.755 e. The molecule has 0 saturated heterocycles. The summed E-state index contributed by atoms with van der Waals surface area (Å²) in [6.45, 7) is 4.99. The monoisotopic (exact) mass is 215 g/mol. The van der Waals surface area contributed by atoms with Crippen LogP contribution in [0.1, 0.15) is 0 Å². The number of allylic oxidation sites excluding steroid dienone is 2. The molecule has 0 bridgehead atoms. The van der Waals surface area contributed by atoms with Gasteiger partial charge in [-0.05, 0) is 28.7 Å². The Morgan fingerprint density at radius 2 is 1.46 bits per heavy atom. The summed E-state index contributed by atoms with van der Waals surface area (Å²) in [5, 5.41) is 7.95. The standard InChI is InChI=1S/C10H3N.2K/c1-2-3-4-5-6-7-8-9-10-11;;/h1-3H;;/q-2;2*+1. The van der Waals surface area contributed by atoms with E-state index in [-0.39, 0.29) is 103 Å². The first-order valence-corrected chi connectivity index (χ1v) is 2.68. The van der Waals surface area contributed by atoms with E-state index >= 15 is 0 Å². The van der Waals surface area contributed by atoms with Crippen LogP contribution in [0.4, 0.5) is 0 Å². The third-order valence-electron chi connectivity index (χ3n) is 0.558. The van der Waals surface area contributed by atoms with Crippen LogP contribution in [-0.4, -0.2) is 5.87 Å². The van der Waals surface area contributed by atoms with Gasteiger partial charge in [0.1, 0.15) is 0 Å². The number of rotatable bonds is 1. The molecule has 0 aliphatic carbocycles. The predicted octanol–water partition coefficient (Wildman–Crippen LogP) is -4.29. The van der Waals surface area contributed by atoms with Crippen molar-refractivity contribution in [2.45, 2.75) is 0 Å². The molecule has 0 aromatic carbocycles. The molecular formula is C10H3K2N. The normalized spacial score (nSPS) is 3.69. The van der Waals surface area contributed by atoms with Crippen LogP contribution in [0.5, 0.6) is 0 Å². The quantitative estimate of drug-likeness (QED) is 0.139. The third-order valence-corrected chi connectivity index (χ3v) is 0.558. The first kappa shape index (κ1) is 19.7. The van der Waals surface area contributed by atoms with Gasteiger partial charge in [-0.2, -0.15) is 11.8 Å². The van der Waals surface area contributed by atoms with Gasteiger partial charge in [-0.1, -0.05) is 0 Å². The van der Waals surface area contributed by atoms with Crippen LogP contribution in [0, 0.1) is 6.58 Å². The summed E-state index contributed by atoms with van der Waals surface area (Å²) in [5.41, 5.74) is 14.2. The van der Waals surface area contributed by atoms with Crippen molar-refractivity contribution >= 4 is 5.87 Å². The van der Waals surface area contributed by atoms with Crippen molar-refractivity contribution in [1.29, 1.82) is 0 Å². The number of nitrogens with zero attached hydrogens (tertiary/aromatic N) is 1. The van der Waals surface area contributed by atoms with Crippen molar-refractivity contribution in [1.82, 2.24) is 0 Å². The van der Waals surface area contributed by atoms with Crippen LogP contribution in [0.2, 0.25) is 0 Å². The fourth-order valence-electron chi connectivity index (χ4n) is 0.248. The fourth-order valence-corrected chi connectivity index (χ4v) is 0.248. The molecule has 0 fully saturated rings. The molecule has 0 rings (SSSR count). The van der Waals surface area contributed by atoms with Crippen LogP contribution >= 0.6 is 0 Å². The van der Waals surface area contributed by atoms with Crippen molar-refractivity contribution in [2.75, 3.05) is 0 Å². The average Bonchev–Trinajstić information content (AvgIpc) is 2.03. The minimum absolute atomic E-state index is 0. The van der Waals surface area contributed by atoms with Crippen LogP contribution in [-0.2, 0) is 0 Å². The Morgan fingerprint density at radius 1 is 0.923 bits per heavy atom. The maximum absolute atomic E-state index is 7.95. The van der Waals surface area contributed by atoms with E-state index in [9.17, 15) is 0 Å². The van der Waals surface area contributed by atoms with Crippen molar-refractivity contribution < 1.29 is 103 Å². The summed E-state index contributed by atoms with van der Waals surface area (Å²) in [7, 11) is 0. The van der Waals surface area contributed by atoms with Gasteiger partial charge in [0.05, 0.1) is 0 Å². The molecule has 0 aromatic rings. The molecule has 0 aromatic heterocycles. The first-order chi connectivity index (χ1) is 5.41. The summed E-state index contributed by atoms with van der Waals surface area (Å²) in [6, 6.07) is 0. The van der Waals surface area contributed by atoms with Crippen LogP contribution in [0.25, 0.3) is 5.41 Å². The second-order valence-corrected chi connectivity index (χ2v) is 1.24. The summed E-state index contributed by atoms with van der Waals surface area (Å²) in [4.78, 5) is 0. The molecule has 0 radical (unpaired) electrons. The molecular weight excluding hydrogens is 212 g/mol.